The van der Waals surface area contributed by atoms with E-state index in [0.29, 0.717) is 13.2 Å². The highest BCUT2D eigenvalue weighted by molar-refractivity contribution is 7.99. The molecule has 4 aromatic carbocycles. The first-order valence-electron chi connectivity index (χ1n) is 16.5. The van der Waals surface area contributed by atoms with Crippen LogP contribution in [0.25, 0.3) is 0 Å². The van der Waals surface area contributed by atoms with Gasteiger partial charge < -0.3 is 28.1 Å². The molecular formula is C39H46O6SSi. The summed E-state index contributed by atoms with van der Waals surface area (Å²) in [4.78, 5) is 0. The summed E-state index contributed by atoms with van der Waals surface area (Å²) in [5.41, 5.74) is 1.74. The highest BCUT2D eigenvalue weighted by Crippen LogP contribution is 2.44. The van der Waals surface area contributed by atoms with Gasteiger partial charge in [-0.1, -0.05) is 131 Å². The van der Waals surface area contributed by atoms with Gasteiger partial charge in [-0.05, 0) is 38.9 Å². The Morgan fingerprint density at radius 2 is 1.36 bits per heavy atom. The maximum absolute atomic E-state index is 7.90. The Balaban J connectivity index is 1.46. The van der Waals surface area contributed by atoms with Gasteiger partial charge in [-0.3, -0.25) is 0 Å². The third-order valence-electron chi connectivity index (χ3n) is 9.02. The molecule has 6 atom stereocenters. The molecule has 0 aliphatic carbocycles. The minimum atomic E-state index is -3.01. The monoisotopic (exact) mass is 670 g/mol. The summed E-state index contributed by atoms with van der Waals surface area (Å²) >= 11 is 1.74. The van der Waals surface area contributed by atoms with Gasteiger partial charge in [0.15, 0.2) is 6.29 Å². The van der Waals surface area contributed by atoms with Gasteiger partial charge >= 0.3 is 0 Å². The van der Waals surface area contributed by atoms with Crippen molar-refractivity contribution < 1.29 is 28.1 Å². The van der Waals surface area contributed by atoms with Crippen molar-refractivity contribution in [3.05, 3.63) is 126 Å². The zero-order valence-corrected chi connectivity index (χ0v) is 29.7. The molecule has 0 saturated carbocycles. The molecule has 0 spiro atoms. The maximum atomic E-state index is 7.90. The largest absolute Gasteiger partial charge is 0.497 e. The van der Waals surface area contributed by atoms with E-state index in [9.17, 15) is 0 Å². The molecule has 47 heavy (non-hydrogen) atoms. The van der Waals surface area contributed by atoms with E-state index in [1.165, 1.54) is 10.4 Å². The number of ether oxygens (including phenoxy) is 5. The van der Waals surface area contributed by atoms with E-state index in [-0.39, 0.29) is 16.6 Å². The summed E-state index contributed by atoms with van der Waals surface area (Å²) in [6.07, 6.45) is -2.14. The second-order valence-corrected chi connectivity index (χ2v) is 18.7. The Labute approximate surface area is 284 Å². The van der Waals surface area contributed by atoms with Crippen LogP contribution in [-0.4, -0.2) is 57.6 Å². The van der Waals surface area contributed by atoms with Gasteiger partial charge in [0, 0.05) is 5.56 Å². The third kappa shape index (κ3) is 7.25. The highest BCUT2D eigenvalue weighted by Gasteiger charge is 2.58. The van der Waals surface area contributed by atoms with Gasteiger partial charge in [0.2, 0.25) is 0 Å². The highest BCUT2D eigenvalue weighted by atomic mass is 32.2. The summed E-state index contributed by atoms with van der Waals surface area (Å²) in [5.74, 6) is 1.68. The lowest BCUT2D eigenvalue weighted by molar-refractivity contribution is -0.320. The fourth-order valence-electron chi connectivity index (χ4n) is 6.74. The van der Waals surface area contributed by atoms with E-state index in [0.717, 1.165) is 22.6 Å². The number of rotatable bonds is 11. The third-order valence-corrected chi connectivity index (χ3v) is 15.1. The second-order valence-electron chi connectivity index (χ2n) is 13.0. The van der Waals surface area contributed by atoms with E-state index < -0.39 is 32.9 Å². The number of fused-ring (bicyclic) bond motifs is 1. The summed E-state index contributed by atoms with van der Waals surface area (Å²) in [5, 5.41) is 2.19. The molecule has 0 bridgehead atoms. The average Bonchev–Trinajstić information content (AvgIpc) is 3.10. The minimum absolute atomic E-state index is 0.235. The lowest BCUT2D eigenvalue weighted by atomic mass is 9.98. The van der Waals surface area contributed by atoms with Gasteiger partial charge in [-0.25, -0.2) is 0 Å². The zero-order chi connectivity index (χ0) is 32.9. The van der Waals surface area contributed by atoms with Gasteiger partial charge in [0.1, 0.15) is 35.6 Å². The smallest absolute Gasteiger partial charge is 0.261 e. The molecule has 2 fully saturated rings. The van der Waals surface area contributed by atoms with Crippen molar-refractivity contribution >= 4 is 30.5 Å². The first kappa shape index (κ1) is 33.9. The molecule has 2 aliphatic heterocycles. The lowest BCUT2D eigenvalue weighted by Crippen LogP contribution is -2.72. The predicted molar refractivity (Wildman–Crippen MR) is 191 cm³/mol. The number of thioether (sulfide) groups is 1. The Morgan fingerprint density at radius 3 is 1.91 bits per heavy atom. The average molecular weight is 671 g/mol. The fourth-order valence-corrected chi connectivity index (χ4v) is 12.4. The van der Waals surface area contributed by atoms with Gasteiger partial charge in [0.25, 0.3) is 8.32 Å². The SMILES string of the molecule is CCS[C@H]1O[C@@H]2COC(c3ccccc3)O[C@H]2[C@H](O[Si](c2ccccc2)(c2ccccc2)C(C)(C)C)[C@@H]1OCc1ccc(OC)cc1. The number of hydrogen-bond acceptors (Lipinski definition) is 7. The van der Waals surface area contributed by atoms with Crippen molar-refractivity contribution in [2.24, 2.45) is 0 Å². The molecule has 0 amide bonds. The van der Waals surface area contributed by atoms with Crippen LogP contribution in [0, 0.1) is 0 Å². The molecular weight excluding hydrogens is 625 g/mol. The van der Waals surface area contributed by atoms with Crippen LogP contribution >= 0.6 is 11.8 Å². The van der Waals surface area contributed by atoms with Crippen molar-refractivity contribution in [2.45, 2.75) is 75.5 Å². The Hall–Kier alpha value is -2.95. The van der Waals surface area contributed by atoms with Gasteiger partial charge in [0.05, 0.1) is 20.3 Å². The molecule has 1 unspecified atom stereocenters. The van der Waals surface area contributed by atoms with Crippen molar-refractivity contribution in [1.82, 2.24) is 0 Å². The summed E-state index contributed by atoms with van der Waals surface area (Å²) in [6.45, 7) is 9.86. The van der Waals surface area contributed by atoms with Crippen molar-refractivity contribution in [3.8, 4) is 5.75 Å². The molecule has 6 rings (SSSR count). The molecule has 2 saturated heterocycles. The Kier molecular flexibility index (Phi) is 10.9. The molecule has 0 radical (unpaired) electrons. The van der Waals surface area contributed by atoms with E-state index in [1.54, 1.807) is 18.9 Å². The molecule has 248 valence electrons. The number of methoxy groups -OCH3 is 1. The van der Waals surface area contributed by atoms with Crippen LogP contribution in [0.1, 0.15) is 45.1 Å². The van der Waals surface area contributed by atoms with Crippen molar-refractivity contribution in [2.75, 3.05) is 19.5 Å². The molecule has 8 heteroatoms. The fraction of sp³-hybridized carbons (Fsp3) is 0.385. The van der Waals surface area contributed by atoms with E-state index in [4.69, 9.17) is 28.1 Å². The summed E-state index contributed by atoms with van der Waals surface area (Å²) in [6, 6.07) is 39.6. The normalized spacial score (nSPS) is 24.8. The van der Waals surface area contributed by atoms with Crippen molar-refractivity contribution in [3.63, 3.8) is 0 Å². The van der Waals surface area contributed by atoms with Crippen LogP contribution in [0.5, 0.6) is 5.75 Å². The van der Waals surface area contributed by atoms with Crippen LogP contribution in [-0.2, 0) is 30.0 Å². The molecule has 6 nitrogen and oxygen atoms in total. The molecule has 0 N–H and O–H groups in total. The minimum Gasteiger partial charge on any atom is -0.497 e. The molecule has 2 heterocycles. The molecule has 4 aromatic rings. The molecule has 2 aliphatic rings. The topological polar surface area (TPSA) is 55.4 Å². The standard InChI is InChI=1S/C39H46O6SSi/c1-6-46-38-36(41-26-28-22-24-30(40-5)25-23-28)35(34-33(43-38)27-42-37(44-34)29-16-10-7-11-17-29)45-47(39(2,3)4,31-18-12-8-13-19-31)32-20-14-9-15-21-32/h7-25,33-38H,6,26-27H2,1-5H3/t33-,34-,35+,36+,37?,38-/m1/s1. The Bertz CT molecular complexity index is 1490. The van der Waals surface area contributed by atoms with Crippen LogP contribution < -0.4 is 15.1 Å². The van der Waals surface area contributed by atoms with Crippen LogP contribution in [0.2, 0.25) is 5.04 Å². The first-order chi connectivity index (χ1) is 22.8. The van der Waals surface area contributed by atoms with Crippen LogP contribution in [0.3, 0.4) is 0 Å². The molecule has 0 aromatic heterocycles. The maximum Gasteiger partial charge on any atom is 0.261 e. The van der Waals surface area contributed by atoms with E-state index >= 15 is 0 Å². The van der Waals surface area contributed by atoms with Gasteiger partial charge in [-0.15, -0.1) is 11.8 Å². The number of hydrogen-bond donors (Lipinski definition) is 0. The van der Waals surface area contributed by atoms with Crippen molar-refractivity contribution in [1.29, 1.82) is 0 Å². The quantitative estimate of drug-likeness (QED) is 0.158. The number of benzene rings is 4. The van der Waals surface area contributed by atoms with Gasteiger partial charge in [-0.2, -0.15) is 0 Å². The van der Waals surface area contributed by atoms with Crippen LogP contribution in [0.4, 0.5) is 0 Å². The summed E-state index contributed by atoms with van der Waals surface area (Å²) < 4.78 is 40.2. The van der Waals surface area contributed by atoms with Crippen LogP contribution in [0.15, 0.2) is 115 Å². The lowest BCUT2D eigenvalue weighted by Gasteiger charge is -2.53. The zero-order valence-electron chi connectivity index (χ0n) is 27.9. The van der Waals surface area contributed by atoms with E-state index in [1.807, 2.05) is 54.6 Å². The Morgan fingerprint density at radius 1 is 0.766 bits per heavy atom. The predicted octanol–water partition coefficient (Wildman–Crippen LogP) is 7.12. The van der Waals surface area contributed by atoms with E-state index in [2.05, 4.69) is 88.4 Å². The first-order valence-corrected chi connectivity index (χ1v) is 19.4. The summed E-state index contributed by atoms with van der Waals surface area (Å²) in [7, 11) is -1.33. The second kappa shape index (κ2) is 15.1.